The number of nitrogens with zero attached hydrogens (tertiary/aromatic N) is 1. The summed E-state index contributed by atoms with van der Waals surface area (Å²) in [6, 6.07) is 3.69. The number of unbranched alkanes of at least 4 members (excludes halogenated alkanes) is 1. The average molecular weight is 303 g/mol. The van der Waals surface area contributed by atoms with Gasteiger partial charge in [0.2, 0.25) is 0 Å². The summed E-state index contributed by atoms with van der Waals surface area (Å²) >= 11 is 1.57. The number of anilines is 2. The van der Waals surface area contributed by atoms with Crippen LogP contribution in [0.4, 0.5) is 24.5 Å². The van der Waals surface area contributed by atoms with Crippen LogP contribution in [0.5, 0.6) is 0 Å². The zero-order valence-electron chi connectivity index (χ0n) is 11.0. The number of hydrogen-bond acceptors (Lipinski definition) is 4. The SMILES string of the molecule is Cc1nc2cc(NCCCCC(F)(F)F)c(N)cc2s1. The molecule has 0 aliphatic carbocycles. The third kappa shape index (κ3) is 4.00. The van der Waals surface area contributed by atoms with Crippen molar-refractivity contribution in [1.82, 2.24) is 4.98 Å². The van der Waals surface area contributed by atoms with Gasteiger partial charge in [-0.25, -0.2) is 4.98 Å². The molecule has 20 heavy (non-hydrogen) atoms. The Morgan fingerprint density at radius 1 is 1.30 bits per heavy atom. The maximum Gasteiger partial charge on any atom is 0.389 e. The second-order valence-corrected chi connectivity index (χ2v) is 5.87. The molecule has 3 nitrogen and oxygen atoms in total. The Hall–Kier alpha value is -1.50. The molecule has 0 aliphatic rings. The summed E-state index contributed by atoms with van der Waals surface area (Å²) in [4.78, 5) is 4.37. The van der Waals surface area contributed by atoms with Crippen LogP contribution in [0.15, 0.2) is 12.1 Å². The lowest BCUT2D eigenvalue weighted by molar-refractivity contribution is -0.135. The molecule has 1 aromatic carbocycles. The Bertz CT molecular complexity index is 592. The van der Waals surface area contributed by atoms with E-state index >= 15 is 0 Å². The van der Waals surface area contributed by atoms with Crippen molar-refractivity contribution in [3.63, 3.8) is 0 Å². The topological polar surface area (TPSA) is 50.9 Å². The molecule has 2 rings (SSSR count). The molecule has 0 aliphatic heterocycles. The van der Waals surface area contributed by atoms with Crippen LogP contribution in [0.2, 0.25) is 0 Å². The minimum absolute atomic E-state index is 0.120. The number of alkyl halides is 3. The molecule has 7 heteroatoms. The lowest BCUT2D eigenvalue weighted by atomic mass is 10.2. The molecule has 0 fully saturated rings. The number of nitrogen functional groups attached to an aromatic ring is 1. The minimum atomic E-state index is -4.07. The lowest BCUT2D eigenvalue weighted by Gasteiger charge is -2.10. The highest BCUT2D eigenvalue weighted by molar-refractivity contribution is 7.18. The van der Waals surface area contributed by atoms with Crippen LogP contribution in [-0.4, -0.2) is 17.7 Å². The molecule has 0 atom stereocenters. The number of aromatic nitrogens is 1. The Morgan fingerprint density at radius 3 is 2.75 bits per heavy atom. The summed E-state index contributed by atoms with van der Waals surface area (Å²) in [6.45, 7) is 2.39. The quantitative estimate of drug-likeness (QED) is 0.638. The third-order valence-corrected chi connectivity index (χ3v) is 3.80. The first-order valence-corrected chi connectivity index (χ1v) is 7.14. The van der Waals surface area contributed by atoms with Gasteiger partial charge in [-0.2, -0.15) is 13.2 Å². The van der Waals surface area contributed by atoms with E-state index in [9.17, 15) is 13.2 Å². The van der Waals surface area contributed by atoms with E-state index < -0.39 is 12.6 Å². The van der Waals surface area contributed by atoms with Gasteiger partial charge in [0, 0.05) is 13.0 Å². The monoisotopic (exact) mass is 303 g/mol. The molecular formula is C13H16F3N3S. The van der Waals surface area contributed by atoms with E-state index in [2.05, 4.69) is 10.3 Å². The predicted molar refractivity (Wildman–Crippen MR) is 77.2 cm³/mol. The van der Waals surface area contributed by atoms with Gasteiger partial charge < -0.3 is 11.1 Å². The van der Waals surface area contributed by atoms with Gasteiger partial charge in [0.25, 0.3) is 0 Å². The Morgan fingerprint density at radius 2 is 2.05 bits per heavy atom. The highest BCUT2D eigenvalue weighted by Crippen LogP contribution is 2.29. The van der Waals surface area contributed by atoms with Gasteiger partial charge in [-0.1, -0.05) is 0 Å². The van der Waals surface area contributed by atoms with Gasteiger partial charge in [-0.05, 0) is 31.9 Å². The number of thiazole rings is 1. The molecule has 110 valence electrons. The maximum absolute atomic E-state index is 12.0. The molecule has 0 amide bonds. The van der Waals surface area contributed by atoms with E-state index in [-0.39, 0.29) is 6.42 Å². The Balaban J connectivity index is 1.91. The third-order valence-electron chi connectivity index (χ3n) is 2.87. The molecule has 3 N–H and O–H groups in total. The van der Waals surface area contributed by atoms with Gasteiger partial charge in [-0.3, -0.25) is 0 Å². The second kappa shape index (κ2) is 5.87. The highest BCUT2D eigenvalue weighted by atomic mass is 32.1. The van der Waals surface area contributed by atoms with Gasteiger partial charge in [0.1, 0.15) is 0 Å². The van der Waals surface area contributed by atoms with Crippen LogP contribution in [0.3, 0.4) is 0 Å². The van der Waals surface area contributed by atoms with E-state index in [1.165, 1.54) is 0 Å². The highest BCUT2D eigenvalue weighted by Gasteiger charge is 2.25. The fourth-order valence-corrected chi connectivity index (χ4v) is 2.79. The molecule has 1 aromatic heterocycles. The number of nitrogens with two attached hydrogens (primary N) is 1. The summed E-state index contributed by atoms with van der Waals surface area (Å²) < 4.78 is 37.0. The fraction of sp³-hybridized carbons (Fsp3) is 0.462. The molecule has 0 radical (unpaired) electrons. The van der Waals surface area contributed by atoms with Crippen molar-refractivity contribution in [2.75, 3.05) is 17.6 Å². The molecule has 0 bridgehead atoms. The molecule has 1 heterocycles. The first kappa shape index (κ1) is 14.9. The molecule has 0 saturated heterocycles. The van der Waals surface area contributed by atoms with Crippen molar-refractivity contribution < 1.29 is 13.2 Å². The van der Waals surface area contributed by atoms with Crippen LogP contribution in [0, 0.1) is 6.92 Å². The van der Waals surface area contributed by atoms with E-state index in [4.69, 9.17) is 5.73 Å². The van der Waals surface area contributed by atoms with Gasteiger partial charge in [0.05, 0.1) is 26.6 Å². The number of halogens is 3. The van der Waals surface area contributed by atoms with E-state index in [1.807, 2.05) is 19.1 Å². The minimum Gasteiger partial charge on any atom is -0.397 e. The van der Waals surface area contributed by atoms with Gasteiger partial charge >= 0.3 is 6.18 Å². The Labute approximate surface area is 119 Å². The molecule has 0 unspecified atom stereocenters. The second-order valence-electron chi connectivity index (χ2n) is 4.64. The molecule has 0 saturated carbocycles. The summed E-state index contributed by atoms with van der Waals surface area (Å²) in [5.74, 6) is 0. The lowest BCUT2D eigenvalue weighted by Crippen LogP contribution is -2.09. The van der Waals surface area contributed by atoms with Crippen LogP contribution < -0.4 is 11.1 Å². The number of fused-ring (bicyclic) bond motifs is 1. The van der Waals surface area contributed by atoms with Gasteiger partial charge in [-0.15, -0.1) is 11.3 Å². The summed E-state index contributed by atoms with van der Waals surface area (Å²) in [5.41, 5.74) is 8.10. The number of aryl methyl sites for hydroxylation is 1. The standard InChI is InChI=1S/C13H16F3N3S/c1-8-19-11-7-10(9(17)6-12(11)20-8)18-5-3-2-4-13(14,15)16/h6-7,18H,2-5,17H2,1H3. The van der Waals surface area contributed by atoms with Crippen LogP contribution in [0.25, 0.3) is 10.2 Å². The van der Waals surface area contributed by atoms with E-state index in [1.54, 1.807) is 11.3 Å². The average Bonchev–Trinajstić information content (AvgIpc) is 2.66. The van der Waals surface area contributed by atoms with Crippen molar-refractivity contribution in [2.45, 2.75) is 32.4 Å². The zero-order valence-corrected chi connectivity index (χ0v) is 11.9. The molecule has 2 aromatic rings. The van der Waals surface area contributed by atoms with Crippen molar-refractivity contribution in [2.24, 2.45) is 0 Å². The van der Waals surface area contributed by atoms with Crippen LogP contribution >= 0.6 is 11.3 Å². The summed E-state index contributed by atoms with van der Waals surface area (Å²) in [5, 5.41) is 4.03. The largest absolute Gasteiger partial charge is 0.397 e. The summed E-state index contributed by atoms with van der Waals surface area (Å²) in [7, 11) is 0. The summed E-state index contributed by atoms with van der Waals surface area (Å²) in [6.07, 6.45) is -4.24. The van der Waals surface area contributed by atoms with Crippen molar-refractivity contribution in [3.8, 4) is 0 Å². The number of benzene rings is 1. The number of rotatable bonds is 5. The molecular weight excluding hydrogens is 287 g/mol. The van der Waals surface area contributed by atoms with Crippen molar-refractivity contribution >= 4 is 32.9 Å². The van der Waals surface area contributed by atoms with Crippen molar-refractivity contribution in [3.05, 3.63) is 17.1 Å². The van der Waals surface area contributed by atoms with Gasteiger partial charge in [0.15, 0.2) is 0 Å². The number of hydrogen-bond donors (Lipinski definition) is 2. The van der Waals surface area contributed by atoms with E-state index in [0.29, 0.717) is 18.7 Å². The maximum atomic E-state index is 12.0. The number of nitrogens with one attached hydrogen (secondary N) is 1. The van der Waals surface area contributed by atoms with Crippen LogP contribution in [0.1, 0.15) is 24.3 Å². The molecule has 0 spiro atoms. The van der Waals surface area contributed by atoms with Crippen LogP contribution in [-0.2, 0) is 0 Å². The fourth-order valence-electron chi connectivity index (χ4n) is 1.93. The van der Waals surface area contributed by atoms with Crippen molar-refractivity contribution in [1.29, 1.82) is 0 Å². The zero-order chi connectivity index (χ0) is 14.8. The first-order chi connectivity index (χ1) is 9.35. The normalized spacial score (nSPS) is 12.0. The van der Waals surface area contributed by atoms with E-state index in [0.717, 1.165) is 20.9 Å². The Kier molecular flexibility index (Phi) is 4.37. The smallest absolute Gasteiger partial charge is 0.389 e. The predicted octanol–water partition coefficient (Wildman–Crippen LogP) is 4.33. The first-order valence-electron chi connectivity index (χ1n) is 6.32.